The highest BCUT2D eigenvalue weighted by Gasteiger charge is 2.28. The molecule has 2 heterocycles. The highest BCUT2D eigenvalue weighted by Crippen LogP contribution is 2.15. The summed E-state index contributed by atoms with van der Waals surface area (Å²) in [5, 5.41) is 5.86. The van der Waals surface area contributed by atoms with E-state index in [0.717, 1.165) is 5.56 Å². The van der Waals surface area contributed by atoms with Crippen molar-refractivity contribution in [3.05, 3.63) is 95.9 Å². The lowest BCUT2D eigenvalue weighted by Crippen LogP contribution is -2.53. The van der Waals surface area contributed by atoms with Crippen LogP contribution in [0, 0.1) is 0 Å². The lowest BCUT2D eigenvalue weighted by Gasteiger charge is -2.33. The molecular weight excluding hydrogens is 418 g/mol. The third kappa shape index (κ3) is 5.88. The number of amides is 3. The largest absolute Gasteiger partial charge is 0.459 e. The van der Waals surface area contributed by atoms with Gasteiger partial charge in [0.15, 0.2) is 5.76 Å². The summed E-state index contributed by atoms with van der Waals surface area (Å²) in [6.45, 7) is 1.14. The molecule has 0 saturated carbocycles. The Labute approximate surface area is 192 Å². The molecule has 0 aliphatic carbocycles. The Morgan fingerprint density at radius 1 is 0.909 bits per heavy atom. The maximum absolute atomic E-state index is 13.1. The second-order valence-electron chi connectivity index (χ2n) is 8.13. The van der Waals surface area contributed by atoms with Gasteiger partial charge < -0.3 is 20.0 Å². The van der Waals surface area contributed by atoms with E-state index in [1.54, 1.807) is 12.1 Å². The van der Waals surface area contributed by atoms with Crippen LogP contribution in [0.15, 0.2) is 83.5 Å². The molecule has 33 heavy (non-hydrogen) atoms. The van der Waals surface area contributed by atoms with Crippen molar-refractivity contribution in [2.75, 3.05) is 13.1 Å². The van der Waals surface area contributed by atoms with E-state index in [-0.39, 0.29) is 23.6 Å². The van der Waals surface area contributed by atoms with Crippen LogP contribution in [0.3, 0.4) is 0 Å². The monoisotopic (exact) mass is 445 g/mol. The number of rotatable bonds is 7. The quantitative estimate of drug-likeness (QED) is 0.585. The molecule has 0 bridgehead atoms. The van der Waals surface area contributed by atoms with Crippen LogP contribution in [0.25, 0.3) is 0 Å². The van der Waals surface area contributed by atoms with Crippen LogP contribution in [0.1, 0.15) is 39.3 Å². The summed E-state index contributed by atoms with van der Waals surface area (Å²) in [6.07, 6.45) is 3.11. The van der Waals surface area contributed by atoms with Crippen LogP contribution in [0.2, 0.25) is 0 Å². The van der Waals surface area contributed by atoms with E-state index < -0.39 is 11.9 Å². The van der Waals surface area contributed by atoms with E-state index >= 15 is 0 Å². The lowest BCUT2D eigenvalue weighted by molar-refractivity contribution is -0.123. The summed E-state index contributed by atoms with van der Waals surface area (Å²) >= 11 is 0. The van der Waals surface area contributed by atoms with Crippen molar-refractivity contribution in [3.8, 4) is 0 Å². The zero-order chi connectivity index (χ0) is 23.0. The van der Waals surface area contributed by atoms with E-state index in [4.69, 9.17) is 4.42 Å². The van der Waals surface area contributed by atoms with Gasteiger partial charge in [-0.25, -0.2) is 0 Å². The van der Waals surface area contributed by atoms with Gasteiger partial charge in [0, 0.05) is 31.1 Å². The fourth-order valence-corrected chi connectivity index (χ4v) is 3.99. The number of piperidine rings is 1. The first-order valence-electron chi connectivity index (χ1n) is 11.1. The highest BCUT2D eigenvalue weighted by atomic mass is 16.3. The number of hydrogen-bond donors (Lipinski definition) is 2. The van der Waals surface area contributed by atoms with Gasteiger partial charge in [0.05, 0.1) is 6.26 Å². The molecule has 3 aromatic rings. The first-order chi connectivity index (χ1) is 16.1. The number of nitrogens with zero attached hydrogens (tertiary/aromatic N) is 1. The molecule has 1 aliphatic heterocycles. The minimum atomic E-state index is -0.742. The van der Waals surface area contributed by atoms with Crippen molar-refractivity contribution < 1.29 is 18.8 Å². The third-order valence-corrected chi connectivity index (χ3v) is 5.80. The Morgan fingerprint density at radius 2 is 1.58 bits per heavy atom. The zero-order valence-corrected chi connectivity index (χ0v) is 18.3. The minimum Gasteiger partial charge on any atom is -0.459 e. The number of nitrogens with one attached hydrogen (secondary N) is 2. The van der Waals surface area contributed by atoms with Crippen LogP contribution in [0.5, 0.6) is 0 Å². The summed E-state index contributed by atoms with van der Waals surface area (Å²) in [4.78, 5) is 40.1. The number of benzene rings is 2. The Kier molecular flexibility index (Phi) is 7.19. The van der Waals surface area contributed by atoms with Gasteiger partial charge in [-0.05, 0) is 42.7 Å². The Hall–Kier alpha value is -3.87. The number of carbonyl (C=O) groups is 3. The Bertz CT molecular complexity index is 1060. The fraction of sp³-hybridized carbons (Fsp3) is 0.269. The lowest BCUT2D eigenvalue weighted by atomic mass is 10.0. The molecule has 0 spiro atoms. The number of carbonyl (C=O) groups excluding carboxylic acids is 3. The van der Waals surface area contributed by atoms with Crippen molar-refractivity contribution in [2.45, 2.75) is 31.3 Å². The van der Waals surface area contributed by atoms with Gasteiger partial charge in [0.2, 0.25) is 5.91 Å². The predicted octanol–water partition coefficient (Wildman–Crippen LogP) is 3.04. The van der Waals surface area contributed by atoms with Crippen LogP contribution >= 0.6 is 0 Å². The first-order valence-corrected chi connectivity index (χ1v) is 11.1. The van der Waals surface area contributed by atoms with Crippen molar-refractivity contribution in [2.24, 2.45) is 0 Å². The van der Waals surface area contributed by atoms with Gasteiger partial charge in [0.25, 0.3) is 11.8 Å². The molecule has 7 heteroatoms. The Morgan fingerprint density at radius 3 is 2.21 bits per heavy atom. The molecule has 4 rings (SSSR count). The van der Waals surface area contributed by atoms with Crippen LogP contribution in [0.4, 0.5) is 0 Å². The topological polar surface area (TPSA) is 91.7 Å². The summed E-state index contributed by atoms with van der Waals surface area (Å²) in [5.74, 6) is -0.507. The first kappa shape index (κ1) is 22.3. The molecule has 2 N–H and O–H groups in total. The van der Waals surface area contributed by atoms with Crippen molar-refractivity contribution >= 4 is 17.7 Å². The molecule has 1 atom stereocenters. The van der Waals surface area contributed by atoms with E-state index in [2.05, 4.69) is 10.6 Å². The molecule has 170 valence electrons. The van der Waals surface area contributed by atoms with Crippen molar-refractivity contribution in [1.82, 2.24) is 15.5 Å². The summed E-state index contributed by atoms with van der Waals surface area (Å²) in [6, 6.07) is 21.2. The molecule has 3 amide bonds. The smallest absolute Gasteiger partial charge is 0.287 e. The zero-order valence-electron chi connectivity index (χ0n) is 18.3. The van der Waals surface area contributed by atoms with Crippen LogP contribution < -0.4 is 10.6 Å². The normalized spacial score (nSPS) is 15.0. The van der Waals surface area contributed by atoms with E-state index in [1.165, 1.54) is 6.26 Å². The van der Waals surface area contributed by atoms with Gasteiger partial charge in [-0.3, -0.25) is 14.4 Å². The molecule has 1 fully saturated rings. The number of furan rings is 1. The molecule has 2 aromatic carbocycles. The molecule has 7 nitrogen and oxygen atoms in total. The van der Waals surface area contributed by atoms with E-state index in [1.807, 2.05) is 65.6 Å². The highest BCUT2D eigenvalue weighted by molar-refractivity contribution is 5.96. The summed E-state index contributed by atoms with van der Waals surface area (Å²) in [7, 11) is 0. The standard InChI is InChI=1S/C26H27N3O4/c30-24(27-21-13-15-29(16-14-21)26(32)20-10-5-2-6-11-20)22(18-19-8-3-1-4-9-19)28-25(31)23-12-7-17-33-23/h1-12,17,21-22H,13-16,18H2,(H,27,30)(H,28,31)/t22-/m0/s1. The van der Waals surface area contributed by atoms with E-state index in [0.29, 0.717) is 37.9 Å². The number of hydrogen-bond acceptors (Lipinski definition) is 4. The average Bonchev–Trinajstić information content (AvgIpc) is 3.40. The molecule has 0 unspecified atom stereocenters. The van der Waals surface area contributed by atoms with Gasteiger partial charge in [-0.2, -0.15) is 0 Å². The summed E-state index contributed by atoms with van der Waals surface area (Å²) in [5.41, 5.74) is 1.62. The summed E-state index contributed by atoms with van der Waals surface area (Å²) < 4.78 is 5.17. The second-order valence-corrected chi connectivity index (χ2v) is 8.13. The minimum absolute atomic E-state index is 0.00745. The van der Waals surface area contributed by atoms with Crippen LogP contribution in [-0.4, -0.2) is 47.8 Å². The van der Waals surface area contributed by atoms with E-state index in [9.17, 15) is 14.4 Å². The van der Waals surface area contributed by atoms with Crippen molar-refractivity contribution in [3.63, 3.8) is 0 Å². The molecule has 1 aromatic heterocycles. The predicted molar refractivity (Wildman–Crippen MR) is 124 cm³/mol. The van der Waals surface area contributed by atoms with Gasteiger partial charge in [0.1, 0.15) is 6.04 Å². The van der Waals surface area contributed by atoms with Gasteiger partial charge >= 0.3 is 0 Å². The maximum atomic E-state index is 13.1. The molecule has 1 saturated heterocycles. The molecule has 1 aliphatic rings. The number of likely N-dealkylation sites (tertiary alicyclic amines) is 1. The molecular formula is C26H27N3O4. The van der Waals surface area contributed by atoms with Crippen molar-refractivity contribution in [1.29, 1.82) is 0 Å². The fourth-order valence-electron chi connectivity index (χ4n) is 3.99. The van der Waals surface area contributed by atoms with Gasteiger partial charge in [-0.1, -0.05) is 48.5 Å². The maximum Gasteiger partial charge on any atom is 0.287 e. The van der Waals surface area contributed by atoms with Gasteiger partial charge in [-0.15, -0.1) is 0 Å². The average molecular weight is 446 g/mol. The van der Waals surface area contributed by atoms with Crippen LogP contribution in [-0.2, 0) is 11.2 Å². The third-order valence-electron chi connectivity index (χ3n) is 5.80. The molecule has 0 radical (unpaired) electrons. The SMILES string of the molecule is O=C(N[C@@H](Cc1ccccc1)C(=O)NC1CCN(C(=O)c2ccccc2)CC1)c1ccco1. The second kappa shape index (κ2) is 10.6. The Balaban J connectivity index is 1.36.